The first kappa shape index (κ1) is 23.0. The van der Waals surface area contributed by atoms with Crippen molar-refractivity contribution in [3.8, 4) is 16.9 Å². The highest BCUT2D eigenvalue weighted by molar-refractivity contribution is 5.95. The van der Waals surface area contributed by atoms with Crippen LogP contribution >= 0.6 is 0 Å². The molecule has 1 aliphatic rings. The van der Waals surface area contributed by atoms with Crippen molar-refractivity contribution in [3.63, 3.8) is 0 Å². The smallest absolute Gasteiger partial charge is 0.338 e. The van der Waals surface area contributed by atoms with Gasteiger partial charge in [-0.15, -0.1) is 0 Å². The molecule has 0 radical (unpaired) electrons. The third-order valence-electron chi connectivity index (χ3n) is 5.88. The van der Waals surface area contributed by atoms with Crippen LogP contribution in [-0.4, -0.2) is 59.7 Å². The number of aromatic hydroxyl groups is 1. The molecule has 0 atom stereocenters. The van der Waals surface area contributed by atoms with Gasteiger partial charge in [0.25, 0.3) is 5.91 Å². The second kappa shape index (κ2) is 10.2. The second-order valence-corrected chi connectivity index (χ2v) is 8.17. The van der Waals surface area contributed by atoms with Crippen molar-refractivity contribution in [2.75, 3.05) is 37.7 Å². The number of anilines is 1. The predicted molar refractivity (Wildman–Crippen MR) is 131 cm³/mol. The van der Waals surface area contributed by atoms with Crippen LogP contribution < -0.4 is 4.90 Å². The summed E-state index contributed by atoms with van der Waals surface area (Å²) in [6, 6.07) is 14.6. The van der Waals surface area contributed by atoms with Crippen LogP contribution in [-0.2, 0) is 4.74 Å². The summed E-state index contributed by atoms with van der Waals surface area (Å²) in [5, 5.41) is 9.70. The lowest BCUT2D eigenvalue weighted by Gasteiger charge is -2.36. The van der Waals surface area contributed by atoms with Gasteiger partial charge in [0.15, 0.2) is 0 Å². The molecule has 2 aromatic carbocycles. The Morgan fingerprint density at radius 2 is 1.74 bits per heavy atom. The first-order chi connectivity index (χ1) is 16.5. The monoisotopic (exact) mass is 457 g/mol. The Balaban J connectivity index is 1.37. The molecule has 0 spiro atoms. The van der Waals surface area contributed by atoms with Gasteiger partial charge in [-0.1, -0.05) is 18.7 Å². The van der Waals surface area contributed by atoms with E-state index in [1.807, 2.05) is 42.2 Å². The number of rotatable bonds is 6. The van der Waals surface area contributed by atoms with Crippen molar-refractivity contribution in [1.82, 2.24) is 9.88 Å². The normalized spacial score (nSPS) is 13.4. The lowest BCUT2D eigenvalue weighted by molar-refractivity contribution is 0.0549. The molecule has 0 aliphatic carbocycles. The molecular formula is C27H27N3O4. The Hall–Kier alpha value is -4.13. The topological polar surface area (TPSA) is 83.0 Å². The first-order valence-electron chi connectivity index (χ1n) is 11.1. The van der Waals surface area contributed by atoms with Crippen LogP contribution in [0.3, 0.4) is 0 Å². The van der Waals surface area contributed by atoms with Crippen molar-refractivity contribution < 1.29 is 19.4 Å². The molecule has 3 aromatic rings. The number of aromatic nitrogens is 1. The number of ether oxygens (including phenoxy) is 1. The third kappa shape index (κ3) is 5.09. The lowest BCUT2D eigenvalue weighted by atomic mass is 9.99. The summed E-state index contributed by atoms with van der Waals surface area (Å²) in [5.41, 5.74) is 4.84. The highest BCUT2D eigenvalue weighted by atomic mass is 16.5. The SMILES string of the molecule is C=CCOC(=O)c1ccc(N2CCN(C(=O)c3ccc(-c4cncc(O)c4)c(C)c3)CC2)cc1. The van der Waals surface area contributed by atoms with Crippen molar-refractivity contribution in [3.05, 3.63) is 90.3 Å². The average Bonchev–Trinajstić information content (AvgIpc) is 2.87. The summed E-state index contributed by atoms with van der Waals surface area (Å²) in [7, 11) is 0. The van der Waals surface area contributed by atoms with Gasteiger partial charge in [0, 0.05) is 49.2 Å². The molecule has 1 amide bonds. The maximum absolute atomic E-state index is 13.1. The molecule has 1 saturated heterocycles. The van der Waals surface area contributed by atoms with Gasteiger partial charge in [0.2, 0.25) is 0 Å². The molecule has 174 valence electrons. The van der Waals surface area contributed by atoms with Gasteiger partial charge in [0.1, 0.15) is 12.4 Å². The van der Waals surface area contributed by atoms with Crippen LogP contribution in [0.5, 0.6) is 5.75 Å². The fourth-order valence-corrected chi connectivity index (χ4v) is 4.07. The Morgan fingerprint density at radius 1 is 1.03 bits per heavy atom. The zero-order valence-corrected chi connectivity index (χ0v) is 19.1. The maximum Gasteiger partial charge on any atom is 0.338 e. The van der Waals surface area contributed by atoms with Crippen molar-refractivity contribution in [2.24, 2.45) is 0 Å². The number of aryl methyl sites for hydroxylation is 1. The highest BCUT2D eigenvalue weighted by Crippen LogP contribution is 2.27. The number of benzene rings is 2. The minimum absolute atomic E-state index is 0.00338. The zero-order chi connectivity index (χ0) is 24.1. The Morgan fingerprint density at radius 3 is 2.38 bits per heavy atom. The van der Waals surface area contributed by atoms with Crippen LogP contribution in [0, 0.1) is 6.92 Å². The molecule has 7 nitrogen and oxygen atoms in total. The number of hydrogen-bond acceptors (Lipinski definition) is 6. The molecule has 1 fully saturated rings. The standard InChI is InChI=1S/C27H27N3O4/c1-3-14-34-27(33)20-4-7-23(8-5-20)29-10-12-30(13-11-29)26(32)21-6-9-25(19(2)15-21)22-16-24(31)18-28-17-22/h3-9,15-18,31H,1,10-14H2,2H3. The van der Waals surface area contributed by atoms with Crippen molar-refractivity contribution >= 4 is 17.6 Å². The summed E-state index contributed by atoms with van der Waals surface area (Å²) < 4.78 is 5.06. The lowest BCUT2D eigenvalue weighted by Crippen LogP contribution is -2.48. The number of pyridine rings is 1. The van der Waals surface area contributed by atoms with E-state index in [1.165, 1.54) is 12.3 Å². The van der Waals surface area contributed by atoms with Crippen LogP contribution in [0.1, 0.15) is 26.3 Å². The zero-order valence-electron chi connectivity index (χ0n) is 19.1. The van der Waals surface area contributed by atoms with E-state index in [9.17, 15) is 14.7 Å². The Labute approximate surface area is 198 Å². The van der Waals surface area contributed by atoms with Crippen molar-refractivity contribution in [2.45, 2.75) is 6.92 Å². The number of amides is 1. The predicted octanol–water partition coefficient (Wildman–Crippen LogP) is 4.07. The van der Waals surface area contributed by atoms with E-state index < -0.39 is 0 Å². The van der Waals surface area contributed by atoms with Crippen LogP contribution in [0.15, 0.2) is 73.6 Å². The molecule has 0 bridgehead atoms. The highest BCUT2D eigenvalue weighted by Gasteiger charge is 2.23. The molecule has 1 aliphatic heterocycles. The maximum atomic E-state index is 13.1. The number of esters is 1. The number of nitrogens with zero attached hydrogens (tertiary/aromatic N) is 3. The van der Waals surface area contributed by atoms with E-state index >= 15 is 0 Å². The molecule has 0 saturated carbocycles. The van der Waals surface area contributed by atoms with Gasteiger partial charge in [-0.2, -0.15) is 0 Å². The molecule has 1 N–H and O–H groups in total. The Kier molecular flexibility index (Phi) is 6.92. The van der Waals surface area contributed by atoms with E-state index in [0.717, 1.165) is 22.4 Å². The molecule has 34 heavy (non-hydrogen) atoms. The third-order valence-corrected chi connectivity index (χ3v) is 5.88. The van der Waals surface area contributed by atoms with Gasteiger partial charge in [-0.3, -0.25) is 9.78 Å². The summed E-state index contributed by atoms with van der Waals surface area (Å²) in [6.45, 7) is 8.31. The summed E-state index contributed by atoms with van der Waals surface area (Å²) >= 11 is 0. The van der Waals surface area contributed by atoms with E-state index in [0.29, 0.717) is 37.3 Å². The van der Waals surface area contributed by atoms with E-state index in [2.05, 4.69) is 16.5 Å². The van der Waals surface area contributed by atoms with Gasteiger partial charge < -0.3 is 19.6 Å². The van der Waals surface area contributed by atoms with Gasteiger partial charge in [-0.25, -0.2) is 4.79 Å². The second-order valence-electron chi connectivity index (χ2n) is 8.17. The molecule has 7 heteroatoms. The van der Waals surface area contributed by atoms with E-state index in [1.54, 1.807) is 24.4 Å². The number of hydrogen-bond donors (Lipinski definition) is 1. The van der Waals surface area contributed by atoms with Gasteiger partial charge in [0.05, 0.1) is 11.8 Å². The molecule has 1 aromatic heterocycles. The van der Waals surface area contributed by atoms with E-state index in [-0.39, 0.29) is 24.2 Å². The fourth-order valence-electron chi connectivity index (χ4n) is 4.07. The number of piperazine rings is 1. The summed E-state index contributed by atoms with van der Waals surface area (Å²) in [4.78, 5) is 33.1. The van der Waals surface area contributed by atoms with Gasteiger partial charge >= 0.3 is 5.97 Å². The summed E-state index contributed by atoms with van der Waals surface area (Å²) in [5.74, 6) is -0.260. The van der Waals surface area contributed by atoms with Crippen LogP contribution in [0.4, 0.5) is 5.69 Å². The quantitative estimate of drug-likeness (QED) is 0.444. The molecule has 0 unspecified atom stereocenters. The van der Waals surface area contributed by atoms with Crippen LogP contribution in [0.2, 0.25) is 0 Å². The molecular weight excluding hydrogens is 430 g/mol. The van der Waals surface area contributed by atoms with E-state index in [4.69, 9.17) is 4.74 Å². The summed E-state index contributed by atoms with van der Waals surface area (Å²) in [6.07, 6.45) is 4.62. The Bertz CT molecular complexity index is 1200. The largest absolute Gasteiger partial charge is 0.506 e. The number of carbonyl (C=O) groups is 2. The number of carbonyl (C=O) groups excluding carboxylic acids is 2. The minimum atomic E-state index is -0.372. The molecule has 4 rings (SSSR count). The fraction of sp³-hybridized carbons (Fsp3) is 0.222. The average molecular weight is 458 g/mol. The van der Waals surface area contributed by atoms with Crippen LogP contribution in [0.25, 0.3) is 11.1 Å². The first-order valence-corrected chi connectivity index (χ1v) is 11.1. The van der Waals surface area contributed by atoms with Gasteiger partial charge in [-0.05, 0) is 60.5 Å². The minimum Gasteiger partial charge on any atom is -0.506 e. The molecule has 2 heterocycles. The van der Waals surface area contributed by atoms with Crippen molar-refractivity contribution in [1.29, 1.82) is 0 Å².